The van der Waals surface area contributed by atoms with Gasteiger partial charge in [0.05, 0.1) is 19.1 Å². The minimum Gasteiger partial charge on any atom is -0.549 e. The molecular formula is C25H45NO4Si2. The van der Waals surface area contributed by atoms with Crippen molar-refractivity contribution in [2.75, 3.05) is 6.61 Å². The molecule has 2 unspecified atom stereocenters. The average Bonchev–Trinajstić information content (AvgIpc) is 2.62. The Labute approximate surface area is 198 Å². The Balaban J connectivity index is 6.26. The number of hydrogen-bond acceptors (Lipinski definition) is 5. The molecule has 0 aliphatic carbocycles. The van der Waals surface area contributed by atoms with Crippen molar-refractivity contribution in [3.05, 3.63) is 50.0 Å². The summed E-state index contributed by atoms with van der Waals surface area (Å²) in [7, 11) is -4.20. The van der Waals surface area contributed by atoms with Crippen LogP contribution in [0.1, 0.15) is 48.0 Å². The van der Waals surface area contributed by atoms with Crippen LogP contribution in [0.2, 0.25) is 36.3 Å². The Morgan fingerprint density at radius 1 is 0.844 bits per heavy atom. The number of nitriles is 1. The molecule has 0 aromatic carbocycles. The standard InChI is InChI=1S/C25H45NO4Si2/c1-13-15-24(27,16-19-29-31(9,10)22(3,4)5)25(21-26,28-18-14-2)17-20-30-32(11,12)23(6,7)8/h13-14,16-17,19-20,27H,1-2,15,18H2,3-12H3/b19-16+,20-17+. The molecule has 182 valence electrons. The molecule has 5 nitrogen and oxygen atoms in total. The molecule has 0 rings (SSSR count). The van der Waals surface area contributed by atoms with E-state index in [2.05, 4.69) is 87.0 Å². The molecule has 0 saturated carbocycles. The Morgan fingerprint density at radius 2 is 1.28 bits per heavy atom. The van der Waals surface area contributed by atoms with Gasteiger partial charge in [0.25, 0.3) is 0 Å². The van der Waals surface area contributed by atoms with E-state index in [1.807, 2.05) is 0 Å². The molecule has 0 heterocycles. The normalized spacial score (nSPS) is 17.4. The number of rotatable bonds is 12. The van der Waals surface area contributed by atoms with Crippen LogP contribution >= 0.6 is 0 Å². The fourth-order valence-corrected chi connectivity index (χ4v) is 3.73. The van der Waals surface area contributed by atoms with E-state index < -0.39 is 27.8 Å². The quantitative estimate of drug-likeness (QED) is 0.189. The van der Waals surface area contributed by atoms with Gasteiger partial charge in [0.15, 0.2) is 0 Å². The number of nitrogens with zero attached hydrogens (tertiary/aromatic N) is 1. The maximum Gasteiger partial charge on any atom is 0.249 e. The van der Waals surface area contributed by atoms with Crippen LogP contribution in [0.4, 0.5) is 0 Å². The van der Waals surface area contributed by atoms with Crippen molar-refractivity contribution in [3.63, 3.8) is 0 Å². The van der Waals surface area contributed by atoms with Crippen LogP contribution in [0.5, 0.6) is 0 Å². The van der Waals surface area contributed by atoms with Gasteiger partial charge in [-0.2, -0.15) is 5.26 Å². The van der Waals surface area contributed by atoms with Gasteiger partial charge in [-0.05, 0) is 48.4 Å². The maximum absolute atomic E-state index is 11.6. The molecule has 0 saturated heterocycles. The van der Waals surface area contributed by atoms with Crippen molar-refractivity contribution in [2.24, 2.45) is 0 Å². The van der Waals surface area contributed by atoms with Gasteiger partial charge in [0.2, 0.25) is 22.2 Å². The fourth-order valence-electron chi connectivity index (χ4n) is 2.21. The second kappa shape index (κ2) is 11.0. The second-order valence-electron chi connectivity index (χ2n) is 11.2. The van der Waals surface area contributed by atoms with Crippen molar-refractivity contribution in [3.8, 4) is 6.07 Å². The molecule has 0 aromatic heterocycles. The highest BCUT2D eigenvalue weighted by Gasteiger charge is 2.49. The largest absolute Gasteiger partial charge is 0.549 e. The summed E-state index contributed by atoms with van der Waals surface area (Å²) in [4.78, 5) is 0. The van der Waals surface area contributed by atoms with E-state index in [1.165, 1.54) is 24.7 Å². The Hall–Kier alpha value is -1.60. The molecule has 2 atom stereocenters. The van der Waals surface area contributed by atoms with E-state index in [0.29, 0.717) is 0 Å². The zero-order valence-electron chi connectivity index (χ0n) is 21.9. The first-order chi connectivity index (χ1) is 14.3. The van der Waals surface area contributed by atoms with Gasteiger partial charge in [-0.25, -0.2) is 0 Å². The van der Waals surface area contributed by atoms with Crippen molar-refractivity contribution in [1.29, 1.82) is 5.26 Å². The summed E-state index contributed by atoms with van der Waals surface area (Å²) in [5, 5.41) is 21.8. The van der Waals surface area contributed by atoms with Gasteiger partial charge in [-0.3, -0.25) is 0 Å². The van der Waals surface area contributed by atoms with E-state index in [1.54, 1.807) is 12.2 Å². The highest BCUT2D eigenvalue weighted by molar-refractivity contribution is 6.74. The zero-order valence-corrected chi connectivity index (χ0v) is 23.9. The molecule has 1 N–H and O–H groups in total. The van der Waals surface area contributed by atoms with Crippen LogP contribution in [0.25, 0.3) is 0 Å². The average molecular weight is 480 g/mol. The SMILES string of the molecule is C=CCOC(C#N)(/C=C/O[Si](C)(C)C(C)(C)C)C(O)(/C=C/O[Si](C)(C)C(C)(C)C)CC=C. The highest BCUT2D eigenvalue weighted by Crippen LogP contribution is 2.39. The van der Waals surface area contributed by atoms with Gasteiger partial charge in [-0.1, -0.05) is 53.7 Å². The lowest BCUT2D eigenvalue weighted by molar-refractivity contribution is -0.0914. The summed E-state index contributed by atoms with van der Waals surface area (Å²) in [6, 6.07) is 2.16. The molecule has 7 heteroatoms. The second-order valence-corrected chi connectivity index (χ2v) is 20.7. The first-order valence-corrected chi connectivity index (χ1v) is 16.9. The molecule has 0 amide bonds. The maximum atomic E-state index is 11.6. The van der Waals surface area contributed by atoms with Gasteiger partial charge in [0.1, 0.15) is 11.7 Å². The first-order valence-electron chi connectivity index (χ1n) is 11.1. The lowest BCUT2D eigenvalue weighted by Crippen LogP contribution is -2.53. The first kappa shape index (κ1) is 30.4. The smallest absolute Gasteiger partial charge is 0.249 e. The molecule has 0 fully saturated rings. The summed E-state index contributed by atoms with van der Waals surface area (Å²) in [5.41, 5.74) is -3.44. The summed E-state index contributed by atoms with van der Waals surface area (Å²) >= 11 is 0. The van der Waals surface area contributed by atoms with E-state index in [4.69, 9.17) is 13.6 Å². The Morgan fingerprint density at radius 3 is 1.62 bits per heavy atom. The Kier molecular flexibility index (Phi) is 10.5. The van der Waals surface area contributed by atoms with E-state index in [-0.39, 0.29) is 23.1 Å². The van der Waals surface area contributed by atoms with Crippen LogP contribution in [0, 0.1) is 11.3 Å². The third-order valence-electron chi connectivity index (χ3n) is 6.68. The lowest BCUT2D eigenvalue weighted by atomic mass is 9.80. The van der Waals surface area contributed by atoms with E-state index in [9.17, 15) is 10.4 Å². The highest BCUT2D eigenvalue weighted by atomic mass is 28.4. The van der Waals surface area contributed by atoms with Crippen LogP contribution < -0.4 is 0 Å². The topological polar surface area (TPSA) is 71.7 Å². The lowest BCUT2D eigenvalue weighted by Gasteiger charge is -2.39. The van der Waals surface area contributed by atoms with E-state index in [0.717, 1.165) is 0 Å². The van der Waals surface area contributed by atoms with Crippen LogP contribution in [-0.4, -0.2) is 39.6 Å². The molecule has 0 radical (unpaired) electrons. The minimum atomic E-state index is -2.11. The molecule has 0 spiro atoms. The summed E-state index contributed by atoms with van der Waals surface area (Å²) in [5.74, 6) is 0. The number of hydrogen-bond donors (Lipinski definition) is 1. The predicted octanol–water partition coefficient (Wildman–Crippen LogP) is 6.83. The summed E-state index contributed by atoms with van der Waals surface area (Å²) < 4.78 is 18.1. The minimum absolute atomic E-state index is 0.00351. The van der Waals surface area contributed by atoms with Gasteiger partial charge in [-0.15, -0.1) is 13.2 Å². The van der Waals surface area contributed by atoms with Gasteiger partial charge < -0.3 is 18.7 Å². The molecular weight excluding hydrogens is 434 g/mol. The fraction of sp³-hybridized carbons (Fsp3) is 0.640. The zero-order chi connectivity index (χ0) is 25.5. The molecule has 32 heavy (non-hydrogen) atoms. The van der Waals surface area contributed by atoms with Crippen molar-refractivity contribution in [2.45, 2.75) is 95.4 Å². The summed E-state index contributed by atoms with van der Waals surface area (Å²) in [6.45, 7) is 28.8. The van der Waals surface area contributed by atoms with E-state index >= 15 is 0 Å². The number of ether oxygens (including phenoxy) is 1. The van der Waals surface area contributed by atoms with Crippen molar-refractivity contribution >= 4 is 16.6 Å². The molecule has 0 bridgehead atoms. The monoisotopic (exact) mass is 479 g/mol. The number of aliphatic hydroxyl groups is 1. The van der Waals surface area contributed by atoms with Crippen LogP contribution in [0.15, 0.2) is 50.0 Å². The summed E-state index contributed by atoms with van der Waals surface area (Å²) in [6.07, 6.45) is 9.18. The predicted molar refractivity (Wildman–Crippen MR) is 139 cm³/mol. The Bertz CT molecular complexity index is 739. The van der Waals surface area contributed by atoms with Crippen LogP contribution in [0.3, 0.4) is 0 Å². The van der Waals surface area contributed by atoms with Gasteiger partial charge in [0, 0.05) is 6.42 Å². The molecule has 0 aromatic rings. The molecule has 0 aliphatic heterocycles. The third kappa shape index (κ3) is 7.48. The van der Waals surface area contributed by atoms with Crippen LogP contribution in [-0.2, 0) is 13.6 Å². The van der Waals surface area contributed by atoms with Gasteiger partial charge >= 0.3 is 0 Å². The van der Waals surface area contributed by atoms with Crippen molar-refractivity contribution in [1.82, 2.24) is 0 Å². The third-order valence-corrected chi connectivity index (χ3v) is 15.4. The molecule has 0 aliphatic rings. The van der Waals surface area contributed by atoms with Crippen molar-refractivity contribution < 1.29 is 18.7 Å².